The number of cyclic esters (lactones) is 1. The van der Waals surface area contributed by atoms with Crippen molar-refractivity contribution in [3.63, 3.8) is 0 Å². The Bertz CT molecular complexity index is 736. The van der Waals surface area contributed by atoms with E-state index in [1.54, 1.807) is 0 Å². The lowest BCUT2D eigenvalue weighted by Gasteiger charge is -2.00. The lowest BCUT2D eigenvalue weighted by Crippen LogP contribution is -2.10. The van der Waals surface area contributed by atoms with Gasteiger partial charge in [0.15, 0.2) is 0 Å². The maximum Gasteiger partial charge on any atom is 0.385 e. The van der Waals surface area contributed by atoms with Crippen LogP contribution in [0.15, 0.2) is 64.7 Å². The van der Waals surface area contributed by atoms with E-state index in [-0.39, 0.29) is 11.7 Å². The fraction of sp³-hybridized carbons (Fsp3) is 0.0625. The van der Waals surface area contributed by atoms with Crippen molar-refractivity contribution < 1.29 is 9.53 Å². The number of hydrazone groups is 1. The summed E-state index contributed by atoms with van der Waals surface area (Å²) in [5, 5.41) is 4.00. The predicted molar refractivity (Wildman–Crippen MR) is 81.3 cm³/mol. The minimum atomic E-state index is -0.561. The molecule has 0 saturated heterocycles. The molecule has 5 nitrogen and oxygen atoms in total. The van der Waals surface area contributed by atoms with Gasteiger partial charge in [-0.3, -0.25) is 5.43 Å². The number of aryl methyl sites for hydroxylation is 1. The Morgan fingerprint density at radius 1 is 1.10 bits per heavy atom. The zero-order valence-corrected chi connectivity index (χ0v) is 11.4. The maximum absolute atomic E-state index is 11.7. The molecule has 2 aromatic carbocycles. The summed E-state index contributed by atoms with van der Waals surface area (Å²) in [6.07, 6.45) is 0. The number of benzene rings is 2. The first-order chi connectivity index (χ1) is 10.2. The van der Waals surface area contributed by atoms with Crippen LogP contribution >= 0.6 is 0 Å². The Kier molecular flexibility index (Phi) is 3.47. The maximum atomic E-state index is 11.7. The smallest absolute Gasteiger partial charge is 0.385 e. The van der Waals surface area contributed by atoms with Gasteiger partial charge in [-0.15, -0.1) is 5.10 Å². The Balaban J connectivity index is 1.80. The Morgan fingerprint density at radius 2 is 1.90 bits per heavy atom. The summed E-state index contributed by atoms with van der Waals surface area (Å²) in [5.74, 6) is -0.283. The molecule has 104 valence electrons. The fourth-order valence-electron chi connectivity index (χ4n) is 1.91. The van der Waals surface area contributed by atoms with Crippen LogP contribution in [0.5, 0.6) is 0 Å². The number of aliphatic imine (C=N–C) groups is 1. The summed E-state index contributed by atoms with van der Waals surface area (Å²) < 4.78 is 5.11. The topological polar surface area (TPSA) is 63.1 Å². The van der Waals surface area contributed by atoms with E-state index in [4.69, 9.17) is 4.74 Å². The molecule has 0 fully saturated rings. The minimum Gasteiger partial charge on any atom is -0.401 e. The molecule has 0 aliphatic carbocycles. The van der Waals surface area contributed by atoms with Crippen LogP contribution in [0.1, 0.15) is 11.1 Å². The van der Waals surface area contributed by atoms with Crippen LogP contribution in [-0.2, 0) is 9.53 Å². The number of amidine groups is 1. The van der Waals surface area contributed by atoms with Crippen LogP contribution in [0.2, 0.25) is 0 Å². The molecule has 5 heteroatoms. The van der Waals surface area contributed by atoms with E-state index in [0.717, 1.165) is 16.8 Å². The Hall–Kier alpha value is -2.95. The van der Waals surface area contributed by atoms with Crippen molar-refractivity contribution in [1.29, 1.82) is 0 Å². The first-order valence-electron chi connectivity index (χ1n) is 6.49. The highest BCUT2D eigenvalue weighted by atomic mass is 16.6. The minimum absolute atomic E-state index is 0.00959. The van der Waals surface area contributed by atoms with E-state index >= 15 is 0 Å². The van der Waals surface area contributed by atoms with Gasteiger partial charge in [0, 0.05) is 5.56 Å². The average molecular weight is 279 g/mol. The Labute approximate surface area is 122 Å². The van der Waals surface area contributed by atoms with Gasteiger partial charge in [0.05, 0.1) is 5.69 Å². The van der Waals surface area contributed by atoms with Crippen LogP contribution in [0.25, 0.3) is 0 Å². The fourth-order valence-corrected chi connectivity index (χ4v) is 1.91. The zero-order chi connectivity index (χ0) is 14.7. The third-order valence-electron chi connectivity index (χ3n) is 2.91. The third kappa shape index (κ3) is 2.97. The van der Waals surface area contributed by atoms with Crippen LogP contribution in [0, 0.1) is 6.92 Å². The van der Waals surface area contributed by atoms with Crippen LogP contribution in [0.3, 0.4) is 0 Å². The van der Waals surface area contributed by atoms with Gasteiger partial charge in [-0.2, -0.15) is 4.99 Å². The SMILES string of the molecule is Cc1cccc(NN=C2N=C(c3ccccc3)OC2=O)c1. The van der Waals surface area contributed by atoms with E-state index in [1.807, 2.05) is 61.5 Å². The monoisotopic (exact) mass is 279 g/mol. The van der Waals surface area contributed by atoms with Gasteiger partial charge in [-0.1, -0.05) is 30.3 Å². The van der Waals surface area contributed by atoms with Crippen molar-refractivity contribution in [1.82, 2.24) is 0 Å². The quantitative estimate of drug-likeness (QED) is 0.694. The lowest BCUT2D eigenvalue weighted by molar-refractivity contribution is -0.127. The molecule has 1 aliphatic heterocycles. The summed E-state index contributed by atoms with van der Waals surface area (Å²) in [5.41, 5.74) is 5.44. The average Bonchev–Trinajstić information content (AvgIpc) is 2.87. The zero-order valence-electron chi connectivity index (χ0n) is 11.4. The second kappa shape index (κ2) is 5.58. The number of nitrogens with one attached hydrogen (secondary N) is 1. The number of ether oxygens (including phenoxy) is 1. The van der Waals surface area contributed by atoms with Gasteiger partial charge in [0.1, 0.15) is 0 Å². The molecule has 0 unspecified atom stereocenters. The molecule has 0 bridgehead atoms. The van der Waals surface area contributed by atoms with Crippen molar-refractivity contribution in [3.05, 3.63) is 65.7 Å². The highest BCUT2D eigenvalue weighted by molar-refractivity contribution is 6.43. The molecule has 0 saturated carbocycles. The summed E-state index contributed by atoms with van der Waals surface area (Å²) in [7, 11) is 0. The first kappa shape index (κ1) is 13.1. The van der Waals surface area contributed by atoms with Crippen LogP contribution in [0.4, 0.5) is 5.69 Å². The largest absolute Gasteiger partial charge is 0.401 e. The first-order valence-corrected chi connectivity index (χ1v) is 6.49. The third-order valence-corrected chi connectivity index (χ3v) is 2.91. The normalized spacial score (nSPS) is 15.8. The molecular weight excluding hydrogens is 266 g/mol. The second-order valence-electron chi connectivity index (χ2n) is 4.59. The molecule has 0 amide bonds. The molecule has 1 heterocycles. The predicted octanol–water partition coefficient (Wildman–Crippen LogP) is 2.72. The van der Waals surface area contributed by atoms with Crippen LogP contribution < -0.4 is 5.43 Å². The molecule has 0 aromatic heterocycles. The molecular formula is C16H13N3O2. The molecule has 1 N–H and O–H groups in total. The summed E-state index contributed by atoms with van der Waals surface area (Å²) in [6, 6.07) is 16.9. The Morgan fingerprint density at radius 3 is 2.67 bits per heavy atom. The van der Waals surface area contributed by atoms with Gasteiger partial charge in [0.25, 0.3) is 5.84 Å². The van der Waals surface area contributed by atoms with Gasteiger partial charge in [-0.05, 0) is 36.8 Å². The highest BCUT2D eigenvalue weighted by Crippen LogP contribution is 2.12. The van der Waals surface area contributed by atoms with Gasteiger partial charge >= 0.3 is 5.97 Å². The molecule has 21 heavy (non-hydrogen) atoms. The number of carbonyl (C=O) groups is 1. The standard InChI is InChI=1S/C16H13N3O2/c1-11-6-5-9-13(10-11)18-19-14-16(20)21-15(17-14)12-7-3-2-4-8-12/h2-10,18H,1H3. The number of hydrogen-bond donors (Lipinski definition) is 1. The molecule has 3 rings (SSSR count). The van der Waals surface area contributed by atoms with Gasteiger partial charge < -0.3 is 4.74 Å². The second-order valence-corrected chi connectivity index (χ2v) is 4.59. The number of hydrogen-bond acceptors (Lipinski definition) is 4. The number of carbonyl (C=O) groups excluding carboxylic acids is 1. The number of rotatable bonds is 3. The van der Waals surface area contributed by atoms with E-state index in [9.17, 15) is 4.79 Å². The molecule has 0 atom stereocenters. The van der Waals surface area contributed by atoms with E-state index in [1.165, 1.54) is 0 Å². The van der Waals surface area contributed by atoms with Crippen molar-refractivity contribution in [2.75, 3.05) is 5.43 Å². The van der Waals surface area contributed by atoms with E-state index in [0.29, 0.717) is 0 Å². The number of nitrogens with zero attached hydrogens (tertiary/aromatic N) is 2. The van der Waals surface area contributed by atoms with Gasteiger partial charge in [-0.25, -0.2) is 4.79 Å². The molecule has 0 spiro atoms. The summed E-state index contributed by atoms with van der Waals surface area (Å²) in [6.45, 7) is 1.98. The van der Waals surface area contributed by atoms with E-state index < -0.39 is 5.97 Å². The van der Waals surface area contributed by atoms with Crippen molar-refractivity contribution in [2.45, 2.75) is 6.92 Å². The van der Waals surface area contributed by atoms with Crippen molar-refractivity contribution in [2.24, 2.45) is 10.1 Å². The van der Waals surface area contributed by atoms with Crippen LogP contribution in [-0.4, -0.2) is 17.7 Å². The summed E-state index contributed by atoms with van der Waals surface area (Å²) >= 11 is 0. The number of esters is 1. The molecule has 2 aromatic rings. The molecule has 0 radical (unpaired) electrons. The highest BCUT2D eigenvalue weighted by Gasteiger charge is 2.25. The van der Waals surface area contributed by atoms with E-state index in [2.05, 4.69) is 15.5 Å². The summed E-state index contributed by atoms with van der Waals surface area (Å²) in [4.78, 5) is 15.8. The van der Waals surface area contributed by atoms with Crippen molar-refractivity contribution in [3.8, 4) is 0 Å². The van der Waals surface area contributed by atoms with Gasteiger partial charge in [0.2, 0.25) is 5.90 Å². The van der Waals surface area contributed by atoms with Crippen molar-refractivity contribution >= 4 is 23.4 Å². The lowest BCUT2D eigenvalue weighted by atomic mass is 10.2. The number of anilines is 1. The molecule has 1 aliphatic rings.